The summed E-state index contributed by atoms with van der Waals surface area (Å²) in [7, 11) is 4.81. The van der Waals surface area contributed by atoms with Crippen molar-refractivity contribution in [3.05, 3.63) is 21.5 Å². The molecule has 20 heavy (non-hydrogen) atoms. The number of hydrogen-bond acceptors (Lipinski definition) is 6. The molecule has 0 aliphatic heterocycles. The highest BCUT2D eigenvalue weighted by Gasteiger charge is 2.30. The topological polar surface area (TPSA) is 114 Å². The van der Waals surface area contributed by atoms with Gasteiger partial charge in [-0.05, 0) is 6.92 Å². The summed E-state index contributed by atoms with van der Waals surface area (Å²) in [4.78, 5) is 10.8. The van der Waals surface area contributed by atoms with Gasteiger partial charge in [-0.3, -0.25) is 19.5 Å². The van der Waals surface area contributed by atoms with E-state index in [-0.39, 0.29) is 18.0 Å². The van der Waals surface area contributed by atoms with Gasteiger partial charge >= 0.3 is 5.69 Å². The minimum atomic E-state index is -0.486. The Labute approximate surface area is 115 Å². The summed E-state index contributed by atoms with van der Waals surface area (Å²) >= 11 is 0. The molecule has 0 atom stereocenters. The molecular weight excluding hydrogens is 264 g/mol. The molecule has 0 aliphatic carbocycles. The second-order valence-corrected chi connectivity index (χ2v) is 4.43. The van der Waals surface area contributed by atoms with Crippen molar-refractivity contribution in [3.8, 4) is 11.4 Å². The Balaban J connectivity index is 2.71. The summed E-state index contributed by atoms with van der Waals surface area (Å²) in [6.45, 7) is 1.88. The van der Waals surface area contributed by atoms with Crippen molar-refractivity contribution in [2.75, 3.05) is 12.8 Å². The van der Waals surface area contributed by atoms with Gasteiger partial charge in [0.2, 0.25) is 0 Å². The second kappa shape index (κ2) is 4.93. The SMILES string of the molecule is COCc1c([N+](=O)[O-])c(-c2nn(C)c(C)c2N)nn1C. The molecule has 0 fully saturated rings. The molecule has 2 aromatic heterocycles. The fraction of sp³-hybridized carbons (Fsp3) is 0.455. The van der Waals surface area contributed by atoms with Gasteiger partial charge in [-0.25, -0.2) is 0 Å². The largest absolute Gasteiger partial charge is 0.395 e. The first-order valence-corrected chi connectivity index (χ1v) is 5.87. The molecule has 0 aliphatic rings. The van der Waals surface area contributed by atoms with Crippen LogP contribution in [-0.4, -0.2) is 31.6 Å². The normalized spacial score (nSPS) is 11.0. The predicted molar refractivity (Wildman–Crippen MR) is 71.9 cm³/mol. The molecule has 9 nitrogen and oxygen atoms in total. The Morgan fingerprint density at radius 1 is 1.30 bits per heavy atom. The number of methoxy groups -OCH3 is 1. The lowest BCUT2D eigenvalue weighted by Gasteiger charge is -1.98. The number of nitrogen functional groups attached to an aromatic ring is 1. The van der Waals surface area contributed by atoms with Gasteiger partial charge in [0.05, 0.1) is 22.9 Å². The fourth-order valence-corrected chi connectivity index (χ4v) is 2.00. The number of rotatable bonds is 4. The highest BCUT2D eigenvalue weighted by molar-refractivity contribution is 5.78. The number of anilines is 1. The Kier molecular flexibility index (Phi) is 3.45. The molecule has 2 aromatic rings. The third kappa shape index (κ3) is 2.01. The van der Waals surface area contributed by atoms with Crippen molar-refractivity contribution in [2.24, 2.45) is 14.1 Å². The van der Waals surface area contributed by atoms with Crippen LogP contribution in [0.25, 0.3) is 11.4 Å². The Bertz CT molecular complexity index is 672. The van der Waals surface area contributed by atoms with Crippen LogP contribution in [0.15, 0.2) is 0 Å². The van der Waals surface area contributed by atoms with E-state index in [0.717, 1.165) is 5.69 Å². The molecule has 0 amide bonds. The van der Waals surface area contributed by atoms with Gasteiger partial charge in [0.15, 0.2) is 5.69 Å². The number of nitro groups is 1. The first kappa shape index (κ1) is 14.0. The van der Waals surface area contributed by atoms with E-state index < -0.39 is 4.92 Å². The molecule has 2 rings (SSSR count). The molecule has 0 saturated carbocycles. The molecule has 108 valence electrons. The van der Waals surface area contributed by atoms with Crippen LogP contribution in [0, 0.1) is 17.0 Å². The molecule has 9 heteroatoms. The van der Waals surface area contributed by atoms with E-state index in [4.69, 9.17) is 10.5 Å². The molecule has 0 bridgehead atoms. The standard InChI is InChI=1S/C11H16N6O3/c1-6-8(12)9(13-15(6)2)10-11(17(18)19)7(5-20-4)16(3)14-10/h5,12H2,1-4H3. The zero-order valence-corrected chi connectivity index (χ0v) is 11.7. The van der Waals surface area contributed by atoms with E-state index in [0.29, 0.717) is 17.1 Å². The van der Waals surface area contributed by atoms with Crippen LogP contribution in [0.2, 0.25) is 0 Å². The second-order valence-electron chi connectivity index (χ2n) is 4.43. The van der Waals surface area contributed by atoms with Gasteiger partial charge in [-0.1, -0.05) is 0 Å². The molecule has 0 saturated heterocycles. The van der Waals surface area contributed by atoms with Gasteiger partial charge in [-0.15, -0.1) is 0 Å². The van der Waals surface area contributed by atoms with Crippen molar-refractivity contribution in [1.29, 1.82) is 0 Å². The minimum Gasteiger partial charge on any atom is -0.395 e. The smallest absolute Gasteiger partial charge is 0.322 e. The lowest BCUT2D eigenvalue weighted by molar-refractivity contribution is -0.385. The molecule has 0 unspecified atom stereocenters. The molecule has 2 N–H and O–H groups in total. The average molecular weight is 280 g/mol. The highest BCUT2D eigenvalue weighted by Crippen LogP contribution is 2.35. The first-order valence-electron chi connectivity index (χ1n) is 5.87. The van der Waals surface area contributed by atoms with Crippen molar-refractivity contribution < 1.29 is 9.66 Å². The summed E-state index contributed by atoms with van der Waals surface area (Å²) in [5.41, 5.74) is 7.79. The van der Waals surface area contributed by atoms with E-state index in [1.165, 1.54) is 11.8 Å². The van der Waals surface area contributed by atoms with Crippen LogP contribution < -0.4 is 5.73 Å². The summed E-state index contributed by atoms with van der Waals surface area (Å²) in [5, 5.41) is 19.7. The van der Waals surface area contributed by atoms with E-state index >= 15 is 0 Å². The fourth-order valence-electron chi connectivity index (χ4n) is 2.00. The average Bonchev–Trinajstić information content (AvgIpc) is 2.83. The minimum absolute atomic E-state index is 0.0888. The summed E-state index contributed by atoms with van der Waals surface area (Å²) in [5.74, 6) is 0. The summed E-state index contributed by atoms with van der Waals surface area (Å²) in [6.07, 6.45) is 0. The predicted octanol–water partition coefficient (Wildman–Crippen LogP) is 0.766. The molecule has 0 radical (unpaired) electrons. The number of aromatic nitrogens is 4. The monoisotopic (exact) mass is 280 g/mol. The number of ether oxygens (including phenoxy) is 1. The molecular formula is C11H16N6O3. The van der Waals surface area contributed by atoms with E-state index in [9.17, 15) is 10.1 Å². The number of nitrogens with two attached hydrogens (primary N) is 1. The van der Waals surface area contributed by atoms with Gasteiger partial charge in [0.1, 0.15) is 11.4 Å². The molecule has 0 aromatic carbocycles. The summed E-state index contributed by atoms with van der Waals surface area (Å²) < 4.78 is 7.97. The van der Waals surface area contributed by atoms with Crippen molar-refractivity contribution in [1.82, 2.24) is 19.6 Å². The van der Waals surface area contributed by atoms with Crippen LogP contribution in [-0.2, 0) is 25.4 Å². The van der Waals surface area contributed by atoms with Crippen molar-refractivity contribution in [3.63, 3.8) is 0 Å². The van der Waals surface area contributed by atoms with Gasteiger partial charge in [0.25, 0.3) is 0 Å². The maximum atomic E-state index is 11.3. The Morgan fingerprint density at radius 3 is 2.35 bits per heavy atom. The van der Waals surface area contributed by atoms with Crippen LogP contribution >= 0.6 is 0 Å². The molecule has 0 spiro atoms. The zero-order valence-electron chi connectivity index (χ0n) is 11.7. The molecule has 2 heterocycles. The van der Waals surface area contributed by atoms with Gasteiger partial charge in [-0.2, -0.15) is 10.2 Å². The Hall–Kier alpha value is -2.42. The number of nitrogens with zero attached hydrogens (tertiary/aromatic N) is 5. The van der Waals surface area contributed by atoms with E-state index in [1.54, 1.807) is 25.7 Å². The van der Waals surface area contributed by atoms with E-state index in [1.807, 2.05) is 0 Å². The quantitative estimate of drug-likeness (QED) is 0.653. The zero-order chi connectivity index (χ0) is 15.0. The van der Waals surface area contributed by atoms with Crippen LogP contribution in [0.5, 0.6) is 0 Å². The van der Waals surface area contributed by atoms with Crippen molar-refractivity contribution in [2.45, 2.75) is 13.5 Å². The first-order chi connectivity index (χ1) is 9.38. The van der Waals surface area contributed by atoms with Gasteiger partial charge < -0.3 is 10.5 Å². The van der Waals surface area contributed by atoms with Crippen LogP contribution in [0.3, 0.4) is 0 Å². The van der Waals surface area contributed by atoms with E-state index in [2.05, 4.69) is 10.2 Å². The third-order valence-corrected chi connectivity index (χ3v) is 3.21. The maximum absolute atomic E-state index is 11.3. The number of aryl methyl sites for hydroxylation is 2. The lowest BCUT2D eigenvalue weighted by Crippen LogP contribution is -2.01. The van der Waals surface area contributed by atoms with Crippen molar-refractivity contribution >= 4 is 11.4 Å². The highest BCUT2D eigenvalue weighted by atomic mass is 16.6. The maximum Gasteiger partial charge on any atom is 0.322 e. The Morgan fingerprint density at radius 2 is 1.90 bits per heavy atom. The van der Waals surface area contributed by atoms with Crippen LogP contribution in [0.1, 0.15) is 11.4 Å². The van der Waals surface area contributed by atoms with Crippen LogP contribution in [0.4, 0.5) is 11.4 Å². The summed E-state index contributed by atoms with van der Waals surface area (Å²) in [6, 6.07) is 0. The lowest BCUT2D eigenvalue weighted by atomic mass is 10.2. The third-order valence-electron chi connectivity index (χ3n) is 3.21. The number of hydrogen-bond donors (Lipinski definition) is 1. The van der Waals surface area contributed by atoms with Gasteiger partial charge in [0, 0.05) is 21.2 Å².